The molecule has 0 atom stereocenters. The molecule has 0 unspecified atom stereocenters. The van der Waals surface area contributed by atoms with E-state index in [2.05, 4.69) is 0 Å². The molecule has 0 aliphatic heterocycles. The van der Waals surface area contributed by atoms with Gasteiger partial charge in [-0.25, -0.2) is 0 Å². The lowest BCUT2D eigenvalue weighted by Gasteiger charge is -2.21. The first-order valence-electron chi connectivity index (χ1n) is 8.22. The van der Waals surface area contributed by atoms with Crippen LogP contribution in [0.15, 0.2) is 82.6 Å². The lowest BCUT2D eigenvalue weighted by molar-refractivity contribution is 0.550. The quantitative estimate of drug-likeness (QED) is 0.449. The fourth-order valence-corrected chi connectivity index (χ4v) is 4.03. The normalized spacial score (nSPS) is 12.3. The molecule has 0 aliphatic rings. The van der Waals surface area contributed by atoms with Crippen molar-refractivity contribution in [1.82, 2.24) is 0 Å². The van der Waals surface area contributed by atoms with Crippen LogP contribution in [0.5, 0.6) is 0 Å². The van der Waals surface area contributed by atoms with Crippen molar-refractivity contribution in [2.45, 2.75) is 22.6 Å². The highest BCUT2D eigenvalue weighted by Crippen LogP contribution is 2.35. The molecule has 0 bridgehead atoms. The van der Waals surface area contributed by atoms with E-state index in [9.17, 15) is 24.6 Å². The molecule has 146 valence electrons. The van der Waals surface area contributed by atoms with E-state index in [0.29, 0.717) is 11.1 Å². The number of halogens is 2. The SMILES string of the molecule is Cc1ccccc1C(c1ccc(S(=O)(=O)F)cc1)c1ccc(S(=O)(=O)F)cc1. The molecular formula is C20H16F2O4S2. The predicted octanol–water partition coefficient (Wildman–Crippen LogP) is 4.49. The molecule has 3 aromatic rings. The van der Waals surface area contributed by atoms with Crippen LogP contribution in [0.4, 0.5) is 7.77 Å². The van der Waals surface area contributed by atoms with Gasteiger partial charge in [-0.05, 0) is 53.4 Å². The van der Waals surface area contributed by atoms with Gasteiger partial charge in [0.05, 0.1) is 9.79 Å². The third-order valence-corrected chi connectivity index (χ3v) is 6.16. The molecule has 0 amide bonds. The van der Waals surface area contributed by atoms with Crippen molar-refractivity contribution in [3.63, 3.8) is 0 Å². The minimum absolute atomic E-state index is 0.381. The fraction of sp³-hybridized carbons (Fsp3) is 0.100. The summed E-state index contributed by atoms with van der Waals surface area (Å²) in [5.41, 5.74) is 3.21. The smallest absolute Gasteiger partial charge is 0.189 e. The summed E-state index contributed by atoms with van der Waals surface area (Å²) >= 11 is 0. The molecule has 4 nitrogen and oxygen atoms in total. The van der Waals surface area contributed by atoms with Gasteiger partial charge in [-0.15, -0.1) is 7.77 Å². The topological polar surface area (TPSA) is 68.3 Å². The Morgan fingerprint density at radius 1 is 0.643 bits per heavy atom. The maximum Gasteiger partial charge on any atom is 0.332 e. The molecule has 28 heavy (non-hydrogen) atoms. The standard InChI is InChI=1S/C20H16F2O4S2/c1-14-4-2-3-5-19(14)20(15-6-10-17(11-7-15)27(21,23)24)16-8-12-18(13-9-16)28(22,25)26/h2-13,20H,1H3. The first-order valence-corrected chi connectivity index (χ1v) is 11.0. The van der Waals surface area contributed by atoms with Crippen molar-refractivity contribution in [2.75, 3.05) is 0 Å². The van der Waals surface area contributed by atoms with Gasteiger partial charge in [0, 0.05) is 5.92 Å². The predicted molar refractivity (Wildman–Crippen MR) is 102 cm³/mol. The minimum atomic E-state index is -4.81. The Bertz CT molecular complexity index is 1130. The summed E-state index contributed by atoms with van der Waals surface area (Å²) in [6.45, 7) is 1.91. The molecule has 0 N–H and O–H groups in total. The van der Waals surface area contributed by atoms with E-state index < -0.39 is 30.2 Å². The van der Waals surface area contributed by atoms with Crippen molar-refractivity contribution in [3.05, 3.63) is 95.1 Å². The zero-order chi connectivity index (χ0) is 20.5. The Balaban J connectivity index is 2.15. The van der Waals surface area contributed by atoms with Crippen LogP contribution < -0.4 is 0 Å². The summed E-state index contributed by atoms with van der Waals surface area (Å²) in [4.78, 5) is -0.891. The molecule has 0 spiro atoms. The van der Waals surface area contributed by atoms with Crippen molar-refractivity contribution >= 4 is 20.4 Å². The molecule has 0 saturated heterocycles. The monoisotopic (exact) mass is 422 g/mol. The van der Waals surface area contributed by atoms with Gasteiger partial charge < -0.3 is 0 Å². The highest BCUT2D eigenvalue weighted by molar-refractivity contribution is 7.86. The average Bonchev–Trinajstić information content (AvgIpc) is 2.63. The lowest BCUT2D eigenvalue weighted by Crippen LogP contribution is -2.06. The summed E-state index contributed by atoms with van der Waals surface area (Å²) in [5.74, 6) is -0.381. The number of rotatable bonds is 5. The first kappa shape index (κ1) is 20.2. The Morgan fingerprint density at radius 2 is 1.04 bits per heavy atom. The van der Waals surface area contributed by atoms with E-state index in [0.717, 1.165) is 11.1 Å². The van der Waals surface area contributed by atoms with Gasteiger partial charge >= 0.3 is 20.4 Å². The van der Waals surface area contributed by atoms with E-state index in [1.165, 1.54) is 48.5 Å². The number of benzene rings is 3. The maximum atomic E-state index is 13.2. The van der Waals surface area contributed by atoms with Crippen molar-refractivity contribution in [3.8, 4) is 0 Å². The maximum absolute atomic E-state index is 13.2. The third kappa shape index (κ3) is 4.28. The zero-order valence-corrected chi connectivity index (χ0v) is 16.3. The summed E-state index contributed by atoms with van der Waals surface area (Å²) in [7, 11) is -9.63. The van der Waals surface area contributed by atoms with Gasteiger partial charge in [-0.3, -0.25) is 0 Å². The summed E-state index contributed by atoms with van der Waals surface area (Å²) in [5, 5.41) is 0. The largest absolute Gasteiger partial charge is 0.332 e. The molecule has 3 aromatic carbocycles. The fourth-order valence-electron chi connectivity index (χ4n) is 3.11. The van der Waals surface area contributed by atoms with E-state index in [1.54, 1.807) is 0 Å². The molecular weight excluding hydrogens is 406 g/mol. The highest BCUT2D eigenvalue weighted by atomic mass is 32.3. The van der Waals surface area contributed by atoms with Crippen LogP contribution in [0.3, 0.4) is 0 Å². The second kappa shape index (κ2) is 7.44. The Hall–Kier alpha value is -2.58. The summed E-state index contributed by atoms with van der Waals surface area (Å²) < 4.78 is 70.7. The Labute approximate surface area is 162 Å². The molecule has 0 heterocycles. The van der Waals surface area contributed by atoms with Crippen molar-refractivity contribution in [1.29, 1.82) is 0 Å². The lowest BCUT2D eigenvalue weighted by atomic mass is 9.83. The van der Waals surface area contributed by atoms with Crippen LogP contribution >= 0.6 is 0 Å². The number of aryl methyl sites for hydroxylation is 1. The van der Waals surface area contributed by atoms with E-state index in [4.69, 9.17) is 0 Å². The second-order valence-electron chi connectivity index (χ2n) is 6.30. The Kier molecular flexibility index (Phi) is 5.36. The molecule has 0 fully saturated rings. The van der Waals surface area contributed by atoms with Crippen molar-refractivity contribution < 1.29 is 24.6 Å². The van der Waals surface area contributed by atoms with Gasteiger partial charge in [-0.2, -0.15) is 16.8 Å². The van der Waals surface area contributed by atoms with Crippen molar-refractivity contribution in [2.24, 2.45) is 0 Å². The zero-order valence-electron chi connectivity index (χ0n) is 14.7. The molecule has 0 saturated carbocycles. The van der Waals surface area contributed by atoms with Gasteiger partial charge in [0.1, 0.15) is 0 Å². The second-order valence-corrected chi connectivity index (χ2v) is 9.00. The summed E-state index contributed by atoms with van der Waals surface area (Å²) in [6, 6.07) is 18.2. The highest BCUT2D eigenvalue weighted by Gasteiger charge is 2.21. The average molecular weight is 422 g/mol. The number of hydrogen-bond acceptors (Lipinski definition) is 4. The molecule has 8 heteroatoms. The molecule has 0 radical (unpaired) electrons. The molecule has 0 aliphatic carbocycles. The number of hydrogen-bond donors (Lipinski definition) is 0. The Morgan fingerprint density at radius 3 is 1.39 bits per heavy atom. The van der Waals surface area contributed by atoms with Crippen LogP contribution in [0.2, 0.25) is 0 Å². The van der Waals surface area contributed by atoms with Gasteiger partial charge in [-0.1, -0.05) is 48.5 Å². The van der Waals surface area contributed by atoms with Gasteiger partial charge in [0.2, 0.25) is 0 Å². The van der Waals surface area contributed by atoms with E-state index >= 15 is 0 Å². The third-order valence-electron chi connectivity index (χ3n) is 4.49. The molecule has 0 aromatic heterocycles. The first-order chi connectivity index (χ1) is 13.1. The van der Waals surface area contributed by atoms with Gasteiger partial charge in [0.25, 0.3) is 0 Å². The minimum Gasteiger partial charge on any atom is -0.189 e. The van der Waals surface area contributed by atoms with Crippen LogP contribution in [-0.4, -0.2) is 16.8 Å². The van der Waals surface area contributed by atoms with E-state index in [1.807, 2.05) is 31.2 Å². The summed E-state index contributed by atoms with van der Waals surface area (Å²) in [6.07, 6.45) is 0. The van der Waals surface area contributed by atoms with Gasteiger partial charge in [0.15, 0.2) is 0 Å². The van der Waals surface area contributed by atoms with Crippen LogP contribution in [0.1, 0.15) is 28.2 Å². The molecule has 3 rings (SSSR count). The van der Waals surface area contributed by atoms with Crippen LogP contribution in [0.25, 0.3) is 0 Å². The van der Waals surface area contributed by atoms with Crippen LogP contribution in [0, 0.1) is 6.92 Å². The van der Waals surface area contributed by atoms with E-state index in [-0.39, 0.29) is 5.92 Å². The van der Waals surface area contributed by atoms with Crippen LogP contribution in [-0.2, 0) is 20.4 Å².